The number of carbonyl (C=O) groups is 1. The number of likely N-dealkylation sites (tertiary alicyclic amines) is 1. The lowest BCUT2D eigenvalue weighted by Gasteiger charge is -2.45. The number of aromatic nitrogens is 2. The van der Waals surface area contributed by atoms with Crippen molar-refractivity contribution in [1.82, 2.24) is 19.8 Å². The molecule has 13 heteroatoms. The molecule has 0 saturated carbocycles. The first-order chi connectivity index (χ1) is 22.0. The van der Waals surface area contributed by atoms with Crippen molar-refractivity contribution >= 4 is 44.7 Å². The molecule has 0 radical (unpaired) electrons. The van der Waals surface area contributed by atoms with Gasteiger partial charge in [0.25, 0.3) is 0 Å². The fourth-order valence-electron chi connectivity index (χ4n) is 6.69. The molecule has 1 atom stereocenters. The van der Waals surface area contributed by atoms with Crippen LogP contribution in [0.4, 0.5) is 25.3 Å². The zero-order valence-corrected chi connectivity index (χ0v) is 26.3. The van der Waals surface area contributed by atoms with Crippen molar-refractivity contribution in [2.24, 2.45) is 0 Å². The summed E-state index contributed by atoms with van der Waals surface area (Å²) in [6, 6.07) is 11.4. The number of anilines is 3. The summed E-state index contributed by atoms with van der Waals surface area (Å²) >= 11 is 1.19. The van der Waals surface area contributed by atoms with Gasteiger partial charge >= 0.3 is 0 Å². The number of thiazole rings is 1. The summed E-state index contributed by atoms with van der Waals surface area (Å²) in [6.45, 7) is 5.13. The van der Waals surface area contributed by atoms with E-state index in [1.807, 2.05) is 18.0 Å². The minimum atomic E-state index is -0.815. The molecule has 2 saturated heterocycles. The number of rotatable bonds is 6. The van der Waals surface area contributed by atoms with Gasteiger partial charge in [-0.25, -0.2) is 18.7 Å². The highest BCUT2D eigenvalue weighted by atomic mass is 32.1. The molecule has 2 aromatic heterocycles. The third-order valence-electron chi connectivity index (χ3n) is 9.08. The van der Waals surface area contributed by atoms with Crippen molar-refractivity contribution < 1.29 is 23.8 Å². The lowest BCUT2D eigenvalue weighted by Crippen LogP contribution is -2.63. The molecule has 238 valence electrons. The van der Waals surface area contributed by atoms with Gasteiger partial charge in [0, 0.05) is 55.4 Å². The van der Waals surface area contributed by atoms with E-state index >= 15 is 4.39 Å². The summed E-state index contributed by atoms with van der Waals surface area (Å²) in [4.78, 5) is 30.0. The maximum absolute atomic E-state index is 15.9. The Bertz CT molecular complexity index is 1880. The van der Waals surface area contributed by atoms with E-state index in [1.165, 1.54) is 29.5 Å². The van der Waals surface area contributed by atoms with Gasteiger partial charge in [-0.2, -0.15) is 5.26 Å². The Morgan fingerprint density at radius 2 is 1.87 bits per heavy atom. The lowest BCUT2D eigenvalue weighted by atomic mass is 9.97. The first kappa shape index (κ1) is 30.4. The number of aliphatic hydroxyl groups excluding tert-OH is 1. The highest BCUT2D eigenvalue weighted by molar-refractivity contribution is 7.16. The Hall–Kier alpha value is -4.22. The first-order valence-corrected chi connectivity index (χ1v) is 16.0. The molecule has 1 amide bonds. The van der Waals surface area contributed by atoms with E-state index in [2.05, 4.69) is 20.9 Å². The minimum absolute atomic E-state index is 0.00384. The van der Waals surface area contributed by atoms with Crippen molar-refractivity contribution in [3.8, 4) is 17.3 Å². The van der Waals surface area contributed by atoms with E-state index in [1.54, 1.807) is 24.0 Å². The molecule has 10 nitrogen and oxygen atoms in total. The van der Waals surface area contributed by atoms with Crippen molar-refractivity contribution in [1.29, 1.82) is 5.26 Å². The number of nitrogens with zero attached hydrogens (tertiary/aromatic N) is 7. The number of piperazine rings is 1. The molecule has 0 unspecified atom stereocenters. The van der Waals surface area contributed by atoms with E-state index in [-0.39, 0.29) is 23.8 Å². The molecule has 2 N–H and O–H groups in total. The Balaban J connectivity index is 1.20. The van der Waals surface area contributed by atoms with Crippen molar-refractivity contribution in [3.63, 3.8) is 0 Å². The molecule has 4 heterocycles. The van der Waals surface area contributed by atoms with Crippen LogP contribution in [-0.2, 0) is 11.2 Å². The van der Waals surface area contributed by atoms with Crippen LogP contribution < -0.4 is 9.80 Å². The predicted molar refractivity (Wildman–Crippen MR) is 171 cm³/mol. The lowest BCUT2D eigenvalue weighted by molar-refractivity contribution is -0.153. The van der Waals surface area contributed by atoms with Crippen LogP contribution in [-0.4, -0.2) is 94.4 Å². The number of β-amino-alcohol motifs (C(OH)–C–C–N with tert-alkyl or cyclic N) is 1. The smallest absolute Gasteiger partial charge is 0.236 e. The normalized spacial score (nSPS) is 19.2. The number of pyridine rings is 1. The molecule has 3 aliphatic rings. The quantitative estimate of drug-likeness (QED) is 0.321. The summed E-state index contributed by atoms with van der Waals surface area (Å²) in [7, 11) is 1.81. The van der Waals surface area contributed by atoms with Gasteiger partial charge in [0.15, 0.2) is 10.9 Å². The summed E-state index contributed by atoms with van der Waals surface area (Å²) in [6.07, 6.45) is 0.196. The van der Waals surface area contributed by atoms with Crippen LogP contribution >= 0.6 is 11.3 Å². The van der Waals surface area contributed by atoms with Crippen LogP contribution in [0.3, 0.4) is 0 Å². The second kappa shape index (κ2) is 11.5. The van der Waals surface area contributed by atoms with Crippen molar-refractivity contribution in [2.45, 2.75) is 31.5 Å². The Morgan fingerprint density at radius 3 is 2.54 bits per heavy atom. The molecule has 2 aliphatic heterocycles. The first-order valence-electron chi connectivity index (χ1n) is 15.2. The van der Waals surface area contributed by atoms with Gasteiger partial charge in [-0.3, -0.25) is 9.69 Å². The predicted octanol–water partition coefficient (Wildman–Crippen LogP) is 3.97. The van der Waals surface area contributed by atoms with Gasteiger partial charge in [0.2, 0.25) is 5.91 Å². The molecule has 2 fully saturated rings. The number of aliphatic hydroxyl groups is 2. The van der Waals surface area contributed by atoms with E-state index in [0.29, 0.717) is 95.8 Å². The maximum atomic E-state index is 15.9. The fraction of sp³-hybridized carbons (Fsp3) is 0.394. The largest absolute Gasteiger partial charge is 0.387 e. The number of halogens is 2. The number of amides is 1. The third kappa shape index (κ3) is 5.45. The van der Waals surface area contributed by atoms with Gasteiger partial charge < -0.3 is 24.9 Å². The number of benzene rings is 2. The van der Waals surface area contributed by atoms with Gasteiger partial charge in [0.1, 0.15) is 28.0 Å². The van der Waals surface area contributed by atoms with E-state index in [0.717, 1.165) is 5.56 Å². The molecule has 2 aromatic carbocycles. The number of hydrogen-bond donors (Lipinski definition) is 2. The summed E-state index contributed by atoms with van der Waals surface area (Å²) in [5.41, 5.74) is 3.01. The molecular weight excluding hydrogens is 612 g/mol. The zero-order chi connectivity index (χ0) is 32.3. The fourth-order valence-corrected chi connectivity index (χ4v) is 7.54. The molecule has 4 aromatic rings. The van der Waals surface area contributed by atoms with Crippen LogP contribution in [0, 0.1) is 23.0 Å². The molecule has 7 rings (SSSR count). The molecule has 1 aliphatic carbocycles. The van der Waals surface area contributed by atoms with E-state index in [9.17, 15) is 24.7 Å². The Labute approximate surface area is 268 Å². The van der Waals surface area contributed by atoms with E-state index in [4.69, 9.17) is 4.98 Å². The van der Waals surface area contributed by atoms with Crippen LogP contribution in [0.2, 0.25) is 0 Å². The van der Waals surface area contributed by atoms with Gasteiger partial charge in [0.05, 0.1) is 42.7 Å². The molecule has 0 spiro atoms. The average Bonchev–Trinajstić information content (AvgIpc) is 3.63. The summed E-state index contributed by atoms with van der Waals surface area (Å²) < 4.78 is 29.5. The standard InChI is InChI=1S/C33H33F2N7O3S/c1-33(45)17-42(18-33)27(44)16-40-9-11-41(12-10-40)21-13-23-29(24(35)14-21)37-30-22(7-8-25(30)43)31(23)39(2)32-38-28(26(15-36)46-32)19-3-5-20(34)6-4-19/h3-6,13-14,25,43,45H,7-12,16-18H2,1-2H3/t25-/m1/s1. The average molecular weight is 646 g/mol. The van der Waals surface area contributed by atoms with Crippen LogP contribution in [0.15, 0.2) is 36.4 Å². The minimum Gasteiger partial charge on any atom is -0.387 e. The number of fused-ring (bicyclic) bond motifs is 2. The Kier molecular flexibility index (Phi) is 7.64. The van der Waals surface area contributed by atoms with Crippen molar-refractivity contribution in [3.05, 3.63) is 64.2 Å². The SMILES string of the molecule is CN(c1nc(-c2ccc(F)cc2)c(C#N)s1)c1c2c(nc3c(F)cc(N4CCN(CC(=O)N5CC(C)(O)C5)CC4)cc13)[C@H](O)CC2. The molecule has 0 bridgehead atoms. The van der Waals surface area contributed by atoms with Crippen LogP contribution in [0.25, 0.3) is 22.2 Å². The second-order valence-corrected chi connectivity index (χ2v) is 13.5. The monoisotopic (exact) mass is 645 g/mol. The highest BCUT2D eigenvalue weighted by Crippen LogP contribution is 2.45. The molecule has 46 heavy (non-hydrogen) atoms. The van der Waals surface area contributed by atoms with Gasteiger partial charge in [-0.05, 0) is 56.2 Å². The van der Waals surface area contributed by atoms with Gasteiger partial charge in [-0.1, -0.05) is 11.3 Å². The number of carbonyl (C=O) groups excluding carboxylic acids is 1. The topological polar surface area (TPSA) is 120 Å². The van der Waals surface area contributed by atoms with E-state index < -0.39 is 17.5 Å². The van der Waals surface area contributed by atoms with Crippen LogP contribution in [0.1, 0.15) is 35.6 Å². The van der Waals surface area contributed by atoms with Crippen LogP contribution in [0.5, 0.6) is 0 Å². The van der Waals surface area contributed by atoms with Crippen molar-refractivity contribution in [2.75, 3.05) is 62.7 Å². The number of hydrogen-bond acceptors (Lipinski definition) is 10. The maximum Gasteiger partial charge on any atom is 0.236 e. The van der Waals surface area contributed by atoms with Gasteiger partial charge in [-0.15, -0.1) is 0 Å². The highest BCUT2D eigenvalue weighted by Gasteiger charge is 2.40. The zero-order valence-electron chi connectivity index (χ0n) is 25.5. The summed E-state index contributed by atoms with van der Waals surface area (Å²) in [5.74, 6) is -0.895. The Morgan fingerprint density at radius 1 is 1.15 bits per heavy atom. The third-order valence-corrected chi connectivity index (χ3v) is 10.1. The summed E-state index contributed by atoms with van der Waals surface area (Å²) in [5, 5.41) is 31.7. The number of nitriles is 1. The second-order valence-electron chi connectivity index (χ2n) is 12.6. The molecular formula is C33H33F2N7O3S.